The molecule has 4 rings (SSSR count). The first-order chi connectivity index (χ1) is 15.0. The second kappa shape index (κ2) is 9.34. The average molecular weight is 443 g/mol. The van der Waals surface area contributed by atoms with E-state index in [1.165, 1.54) is 0 Å². The predicted molar refractivity (Wildman–Crippen MR) is 116 cm³/mol. The lowest BCUT2D eigenvalue weighted by molar-refractivity contribution is -0.133. The second-order valence-corrected chi connectivity index (χ2v) is 8.09. The van der Waals surface area contributed by atoms with Gasteiger partial charge in [-0.2, -0.15) is 4.98 Å². The first-order valence-corrected chi connectivity index (χ1v) is 10.5. The number of nitrogens with one attached hydrogen (secondary N) is 1. The summed E-state index contributed by atoms with van der Waals surface area (Å²) in [6.07, 6.45) is 4.23. The highest BCUT2D eigenvalue weighted by molar-refractivity contribution is 6.32. The molecule has 1 fully saturated rings. The van der Waals surface area contributed by atoms with Gasteiger partial charge >= 0.3 is 0 Å². The van der Waals surface area contributed by atoms with Crippen molar-refractivity contribution in [2.75, 3.05) is 5.32 Å². The number of carbonyl (C=O) groups excluding carboxylic acids is 1. The summed E-state index contributed by atoms with van der Waals surface area (Å²) < 4.78 is 16.0. The van der Waals surface area contributed by atoms with Crippen LogP contribution in [0.1, 0.15) is 33.1 Å². The molecule has 3 aromatic rings. The summed E-state index contributed by atoms with van der Waals surface area (Å²) in [4.78, 5) is 19.2. The molecule has 1 aliphatic rings. The van der Waals surface area contributed by atoms with Crippen molar-refractivity contribution in [1.82, 2.24) is 15.1 Å². The van der Waals surface area contributed by atoms with Gasteiger partial charge in [0.25, 0.3) is 12.4 Å². The summed E-state index contributed by atoms with van der Waals surface area (Å²) in [5.41, 5.74) is 2.43. The van der Waals surface area contributed by atoms with Gasteiger partial charge in [0.05, 0.1) is 11.7 Å². The lowest BCUT2D eigenvalue weighted by Crippen LogP contribution is -2.17. The first kappa shape index (κ1) is 21.1. The molecule has 2 aromatic heterocycles. The Balaban J connectivity index is 1.42. The summed E-state index contributed by atoms with van der Waals surface area (Å²) in [5, 5.41) is 7.92. The van der Waals surface area contributed by atoms with Crippen molar-refractivity contribution in [3.05, 3.63) is 41.6 Å². The number of halogens is 1. The lowest BCUT2D eigenvalue weighted by Gasteiger charge is -2.14. The average Bonchev–Trinajstić information content (AvgIpc) is 3.40. The molecule has 1 aromatic carbocycles. The minimum atomic E-state index is -0.0249. The topological polar surface area (TPSA) is 99.4 Å². The molecular formula is C22H23ClN4O4. The number of hydrogen-bond donors (Lipinski definition) is 1. The highest BCUT2D eigenvalue weighted by Gasteiger charge is 2.25. The molecule has 162 valence electrons. The molecule has 1 aliphatic carbocycles. The van der Waals surface area contributed by atoms with Gasteiger partial charge in [0.15, 0.2) is 0 Å². The monoisotopic (exact) mass is 442 g/mol. The minimum Gasteiger partial charge on any atom is -0.474 e. The molecule has 0 spiro atoms. The standard InChI is InChI=1S/C22H23ClN4O4/c1-13(2)30-22-19(23)9-15(11-24-22)21-26-20(27-31-21)14-3-5-16(6-4-14)25-17-7-8-18(10-17)29-12-28/h3-6,9,11-13,17-18,25H,7-8,10H2,1-2H3/t17-,18+/m0/s1. The van der Waals surface area contributed by atoms with Crippen LogP contribution in [0.4, 0.5) is 5.69 Å². The summed E-state index contributed by atoms with van der Waals surface area (Å²) >= 11 is 6.25. The SMILES string of the molecule is CC(C)Oc1ncc(-c2nc(-c3ccc(N[C@H]4CC[C@@H](OC=O)C4)cc3)no2)cc1Cl. The molecule has 31 heavy (non-hydrogen) atoms. The Hall–Kier alpha value is -3.13. The van der Waals surface area contributed by atoms with Crippen molar-refractivity contribution in [2.45, 2.75) is 51.4 Å². The van der Waals surface area contributed by atoms with Gasteiger partial charge in [0.1, 0.15) is 11.1 Å². The number of ether oxygens (including phenoxy) is 2. The highest BCUT2D eigenvalue weighted by atomic mass is 35.5. The maximum atomic E-state index is 10.5. The van der Waals surface area contributed by atoms with E-state index in [2.05, 4.69) is 20.4 Å². The maximum Gasteiger partial charge on any atom is 0.293 e. The predicted octanol–water partition coefficient (Wildman–Crippen LogP) is 4.75. The van der Waals surface area contributed by atoms with Gasteiger partial charge in [-0.05, 0) is 57.0 Å². The fraction of sp³-hybridized carbons (Fsp3) is 0.364. The molecular weight excluding hydrogens is 420 g/mol. The van der Waals surface area contributed by atoms with Gasteiger partial charge in [-0.25, -0.2) is 4.98 Å². The van der Waals surface area contributed by atoms with Crippen molar-refractivity contribution in [3.8, 4) is 28.7 Å². The molecule has 0 bridgehead atoms. The fourth-order valence-corrected chi connectivity index (χ4v) is 3.75. The molecule has 2 heterocycles. The van der Waals surface area contributed by atoms with E-state index in [4.69, 9.17) is 25.6 Å². The Morgan fingerprint density at radius 3 is 2.74 bits per heavy atom. The van der Waals surface area contributed by atoms with Gasteiger partial charge in [-0.1, -0.05) is 16.8 Å². The smallest absolute Gasteiger partial charge is 0.293 e. The molecule has 0 unspecified atom stereocenters. The van der Waals surface area contributed by atoms with E-state index < -0.39 is 0 Å². The van der Waals surface area contributed by atoms with Gasteiger partial charge in [0.2, 0.25) is 11.7 Å². The number of hydrogen-bond acceptors (Lipinski definition) is 8. The van der Waals surface area contributed by atoms with Crippen molar-refractivity contribution in [2.24, 2.45) is 0 Å². The van der Waals surface area contributed by atoms with Crippen molar-refractivity contribution < 1.29 is 18.8 Å². The van der Waals surface area contributed by atoms with E-state index in [1.54, 1.807) is 12.3 Å². The molecule has 1 N–H and O–H groups in total. The number of aromatic nitrogens is 3. The largest absolute Gasteiger partial charge is 0.474 e. The van der Waals surface area contributed by atoms with Crippen LogP contribution in [-0.2, 0) is 9.53 Å². The van der Waals surface area contributed by atoms with Gasteiger partial charge in [-0.3, -0.25) is 4.79 Å². The van der Waals surface area contributed by atoms with E-state index in [1.807, 2.05) is 38.1 Å². The molecule has 0 amide bonds. The summed E-state index contributed by atoms with van der Waals surface area (Å²) in [7, 11) is 0. The summed E-state index contributed by atoms with van der Waals surface area (Å²) in [5.74, 6) is 1.17. The van der Waals surface area contributed by atoms with Crippen LogP contribution in [0.2, 0.25) is 5.02 Å². The van der Waals surface area contributed by atoms with Crippen LogP contribution in [0.15, 0.2) is 41.1 Å². The fourth-order valence-electron chi connectivity index (χ4n) is 3.53. The van der Waals surface area contributed by atoms with Crippen LogP contribution in [0.5, 0.6) is 5.88 Å². The zero-order chi connectivity index (χ0) is 21.8. The molecule has 1 saturated carbocycles. The third-order valence-electron chi connectivity index (χ3n) is 4.97. The Morgan fingerprint density at radius 1 is 1.23 bits per heavy atom. The molecule has 2 atom stereocenters. The number of benzene rings is 1. The van der Waals surface area contributed by atoms with Gasteiger partial charge in [-0.15, -0.1) is 0 Å². The summed E-state index contributed by atoms with van der Waals surface area (Å²) in [6.45, 7) is 4.34. The van der Waals surface area contributed by atoms with E-state index in [0.29, 0.717) is 34.7 Å². The van der Waals surface area contributed by atoms with E-state index in [-0.39, 0.29) is 18.2 Å². The molecule has 9 heteroatoms. The number of anilines is 1. The van der Waals surface area contributed by atoms with Crippen molar-refractivity contribution in [1.29, 1.82) is 0 Å². The van der Waals surface area contributed by atoms with Crippen LogP contribution in [0, 0.1) is 0 Å². The van der Waals surface area contributed by atoms with Gasteiger partial charge in [0, 0.05) is 29.9 Å². The zero-order valence-electron chi connectivity index (χ0n) is 17.2. The Labute approximate surface area is 184 Å². The number of rotatable bonds is 8. The van der Waals surface area contributed by atoms with Crippen LogP contribution in [0.25, 0.3) is 22.8 Å². The third kappa shape index (κ3) is 5.14. The minimum absolute atomic E-state index is 0.000944. The first-order valence-electron chi connectivity index (χ1n) is 10.1. The molecule has 8 nitrogen and oxygen atoms in total. The van der Waals surface area contributed by atoms with Crippen LogP contribution in [-0.4, -0.2) is 39.8 Å². The second-order valence-electron chi connectivity index (χ2n) is 7.69. The number of pyridine rings is 1. The van der Waals surface area contributed by atoms with Crippen LogP contribution < -0.4 is 10.1 Å². The quantitative estimate of drug-likeness (QED) is 0.499. The Bertz CT molecular complexity index is 1040. The van der Waals surface area contributed by atoms with E-state index in [0.717, 1.165) is 30.5 Å². The Kier molecular flexibility index (Phi) is 6.36. The van der Waals surface area contributed by atoms with Gasteiger partial charge < -0.3 is 19.3 Å². The zero-order valence-corrected chi connectivity index (χ0v) is 18.0. The van der Waals surface area contributed by atoms with E-state index >= 15 is 0 Å². The normalized spacial score (nSPS) is 18.2. The van der Waals surface area contributed by atoms with Crippen molar-refractivity contribution in [3.63, 3.8) is 0 Å². The lowest BCUT2D eigenvalue weighted by atomic mass is 10.1. The number of nitrogens with zero attached hydrogens (tertiary/aromatic N) is 3. The number of carbonyl (C=O) groups is 1. The maximum absolute atomic E-state index is 10.5. The highest BCUT2D eigenvalue weighted by Crippen LogP contribution is 2.30. The van der Waals surface area contributed by atoms with Crippen LogP contribution in [0.3, 0.4) is 0 Å². The van der Waals surface area contributed by atoms with Crippen LogP contribution >= 0.6 is 11.6 Å². The summed E-state index contributed by atoms with van der Waals surface area (Å²) in [6, 6.07) is 9.77. The third-order valence-corrected chi connectivity index (χ3v) is 5.24. The molecule has 0 saturated heterocycles. The van der Waals surface area contributed by atoms with E-state index in [9.17, 15) is 4.79 Å². The Morgan fingerprint density at radius 2 is 2.03 bits per heavy atom. The molecule has 0 aliphatic heterocycles. The molecule has 0 radical (unpaired) electrons. The van der Waals surface area contributed by atoms with Crippen molar-refractivity contribution >= 4 is 23.8 Å².